The molecule has 22 heavy (non-hydrogen) atoms. The van der Waals surface area contributed by atoms with Gasteiger partial charge in [0.2, 0.25) is 5.91 Å². The van der Waals surface area contributed by atoms with Crippen LogP contribution in [0.5, 0.6) is 0 Å². The fraction of sp³-hybridized carbons (Fsp3) is 0.950. The van der Waals surface area contributed by atoms with E-state index in [0.29, 0.717) is 5.91 Å². The minimum atomic E-state index is 0.00882. The van der Waals surface area contributed by atoms with Crippen molar-refractivity contribution in [3.8, 4) is 0 Å². The Morgan fingerprint density at radius 1 is 0.818 bits per heavy atom. The molecule has 3 fully saturated rings. The molecule has 2 nitrogen and oxygen atoms in total. The summed E-state index contributed by atoms with van der Waals surface area (Å²) in [5.41, 5.74) is 0.00882. The summed E-state index contributed by atoms with van der Waals surface area (Å²) in [6, 6.07) is 0. The van der Waals surface area contributed by atoms with Gasteiger partial charge in [0.05, 0.1) is 5.41 Å². The van der Waals surface area contributed by atoms with Gasteiger partial charge in [0.25, 0.3) is 0 Å². The molecule has 1 saturated heterocycles. The zero-order valence-corrected chi connectivity index (χ0v) is 14.4. The molecule has 0 unspecified atom stereocenters. The van der Waals surface area contributed by atoms with Crippen LogP contribution in [0.25, 0.3) is 0 Å². The maximum Gasteiger partial charge on any atom is 0.226 e. The zero-order chi connectivity index (χ0) is 15.3. The van der Waals surface area contributed by atoms with Crippen LogP contribution in [0.1, 0.15) is 96.3 Å². The lowest BCUT2D eigenvalue weighted by Gasteiger charge is -2.32. The second kappa shape index (κ2) is 7.84. The molecule has 3 rings (SSSR count). The van der Waals surface area contributed by atoms with E-state index >= 15 is 0 Å². The molecule has 0 aromatic heterocycles. The molecular formula is C20H35NO. The highest BCUT2D eigenvalue weighted by Crippen LogP contribution is 2.42. The second-order valence-electron chi connectivity index (χ2n) is 8.37. The van der Waals surface area contributed by atoms with Crippen molar-refractivity contribution in [2.45, 2.75) is 96.3 Å². The van der Waals surface area contributed by atoms with Gasteiger partial charge in [-0.15, -0.1) is 0 Å². The molecular weight excluding hydrogens is 270 g/mol. The maximum absolute atomic E-state index is 12.5. The van der Waals surface area contributed by atoms with Gasteiger partial charge < -0.3 is 5.32 Å². The highest BCUT2D eigenvalue weighted by atomic mass is 16.2. The van der Waals surface area contributed by atoms with E-state index in [1.807, 2.05) is 0 Å². The second-order valence-corrected chi connectivity index (χ2v) is 8.37. The lowest BCUT2D eigenvalue weighted by Crippen LogP contribution is -2.32. The zero-order valence-electron chi connectivity index (χ0n) is 14.4. The van der Waals surface area contributed by atoms with Crippen LogP contribution >= 0.6 is 0 Å². The SMILES string of the molecule is O=C1NCCC1(CCC1CCCCC1)CCC1CCCCC1. The normalized spacial score (nSPS) is 27.0. The van der Waals surface area contributed by atoms with Crippen LogP contribution in [0.3, 0.4) is 0 Å². The molecule has 0 aromatic rings. The molecule has 126 valence electrons. The van der Waals surface area contributed by atoms with Crippen molar-refractivity contribution >= 4 is 5.91 Å². The Morgan fingerprint density at radius 3 is 1.73 bits per heavy atom. The number of carbonyl (C=O) groups is 1. The lowest BCUT2D eigenvalue weighted by molar-refractivity contribution is -0.128. The average Bonchev–Trinajstić information content (AvgIpc) is 2.94. The maximum atomic E-state index is 12.5. The predicted octanol–water partition coefficient (Wildman–Crippen LogP) is 5.21. The van der Waals surface area contributed by atoms with Gasteiger partial charge in [0, 0.05) is 6.54 Å². The highest BCUT2D eigenvalue weighted by Gasteiger charge is 2.42. The third-order valence-electron chi connectivity index (χ3n) is 6.88. The van der Waals surface area contributed by atoms with Crippen molar-refractivity contribution < 1.29 is 4.79 Å². The van der Waals surface area contributed by atoms with E-state index in [9.17, 15) is 4.79 Å². The van der Waals surface area contributed by atoms with Crippen LogP contribution in [-0.4, -0.2) is 12.5 Å². The quantitative estimate of drug-likeness (QED) is 0.716. The molecule has 1 amide bonds. The summed E-state index contributed by atoms with van der Waals surface area (Å²) in [6.45, 7) is 0.925. The topological polar surface area (TPSA) is 29.1 Å². The Bertz CT molecular complexity index is 331. The number of rotatable bonds is 6. The number of hydrogen-bond donors (Lipinski definition) is 1. The van der Waals surface area contributed by atoms with Crippen LogP contribution in [0, 0.1) is 17.3 Å². The first kappa shape index (κ1) is 16.3. The molecule has 1 heterocycles. The Kier molecular flexibility index (Phi) is 5.82. The standard InChI is InChI=1S/C20H35NO/c22-19-20(15-16-21-19,13-11-17-7-3-1-4-8-17)14-12-18-9-5-2-6-10-18/h17-18H,1-16H2,(H,21,22). The number of amides is 1. The van der Waals surface area contributed by atoms with E-state index in [-0.39, 0.29) is 5.41 Å². The minimum Gasteiger partial charge on any atom is -0.356 e. The summed E-state index contributed by atoms with van der Waals surface area (Å²) in [7, 11) is 0. The molecule has 2 heteroatoms. The molecule has 2 saturated carbocycles. The van der Waals surface area contributed by atoms with Crippen LogP contribution in [0.15, 0.2) is 0 Å². The third-order valence-corrected chi connectivity index (χ3v) is 6.88. The largest absolute Gasteiger partial charge is 0.356 e. The van der Waals surface area contributed by atoms with Gasteiger partial charge in [0.1, 0.15) is 0 Å². The summed E-state index contributed by atoms with van der Waals surface area (Å²) in [5, 5.41) is 3.15. The molecule has 1 N–H and O–H groups in total. The van der Waals surface area contributed by atoms with Gasteiger partial charge in [0.15, 0.2) is 0 Å². The first-order valence-corrected chi connectivity index (χ1v) is 10.1. The number of carbonyl (C=O) groups excluding carboxylic acids is 1. The first-order chi connectivity index (χ1) is 10.8. The van der Waals surface area contributed by atoms with Gasteiger partial charge >= 0.3 is 0 Å². The van der Waals surface area contributed by atoms with E-state index in [1.54, 1.807) is 0 Å². The predicted molar refractivity (Wildman–Crippen MR) is 91.7 cm³/mol. The fourth-order valence-electron chi connectivity index (χ4n) is 5.23. The summed E-state index contributed by atoms with van der Waals surface area (Å²) in [6.07, 6.45) is 20.3. The Balaban J connectivity index is 1.52. The monoisotopic (exact) mass is 305 g/mol. The van der Waals surface area contributed by atoms with Crippen LogP contribution < -0.4 is 5.32 Å². The third kappa shape index (κ3) is 4.06. The molecule has 0 bridgehead atoms. The van der Waals surface area contributed by atoms with Crippen LogP contribution in [0.4, 0.5) is 0 Å². The van der Waals surface area contributed by atoms with Gasteiger partial charge in [-0.2, -0.15) is 0 Å². The average molecular weight is 306 g/mol. The molecule has 2 aliphatic carbocycles. The van der Waals surface area contributed by atoms with Crippen molar-refractivity contribution in [3.63, 3.8) is 0 Å². The van der Waals surface area contributed by atoms with E-state index in [4.69, 9.17) is 0 Å². The van der Waals surface area contributed by atoms with Crippen molar-refractivity contribution in [3.05, 3.63) is 0 Å². The Morgan fingerprint density at radius 2 is 1.32 bits per heavy atom. The van der Waals surface area contributed by atoms with Gasteiger partial charge in [-0.05, 0) is 43.9 Å². The molecule has 0 aromatic carbocycles. The van der Waals surface area contributed by atoms with Crippen molar-refractivity contribution in [2.24, 2.45) is 17.3 Å². The van der Waals surface area contributed by atoms with E-state index in [0.717, 1.165) is 37.6 Å². The Labute approximate surface area is 136 Å². The molecule has 0 spiro atoms. The van der Waals surface area contributed by atoms with E-state index in [1.165, 1.54) is 77.0 Å². The van der Waals surface area contributed by atoms with Crippen LogP contribution in [0.2, 0.25) is 0 Å². The van der Waals surface area contributed by atoms with E-state index in [2.05, 4.69) is 5.32 Å². The van der Waals surface area contributed by atoms with Crippen molar-refractivity contribution in [2.75, 3.05) is 6.54 Å². The summed E-state index contributed by atoms with van der Waals surface area (Å²) >= 11 is 0. The van der Waals surface area contributed by atoms with Gasteiger partial charge in [-0.25, -0.2) is 0 Å². The summed E-state index contributed by atoms with van der Waals surface area (Å²) in [5.74, 6) is 2.21. The molecule has 0 atom stereocenters. The molecule has 1 aliphatic heterocycles. The van der Waals surface area contributed by atoms with Crippen molar-refractivity contribution in [1.29, 1.82) is 0 Å². The fourth-order valence-corrected chi connectivity index (χ4v) is 5.23. The molecule has 3 aliphatic rings. The van der Waals surface area contributed by atoms with E-state index < -0.39 is 0 Å². The van der Waals surface area contributed by atoms with Crippen LogP contribution in [-0.2, 0) is 4.79 Å². The number of nitrogens with one attached hydrogen (secondary N) is 1. The molecule has 0 radical (unpaired) electrons. The number of hydrogen-bond acceptors (Lipinski definition) is 1. The highest BCUT2D eigenvalue weighted by molar-refractivity contribution is 5.84. The first-order valence-electron chi connectivity index (χ1n) is 10.1. The minimum absolute atomic E-state index is 0.00882. The Hall–Kier alpha value is -0.530. The van der Waals surface area contributed by atoms with Gasteiger partial charge in [-0.1, -0.05) is 64.2 Å². The summed E-state index contributed by atoms with van der Waals surface area (Å²) < 4.78 is 0. The smallest absolute Gasteiger partial charge is 0.226 e. The van der Waals surface area contributed by atoms with Gasteiger partial charge in [-0.3, -0.25) is 4.79 Å². The lowest BCUT2D eigenvalue weighted by atomic mass is 9.72. The van der Waals surface area contributed by atoms with Crippen molar-refractivity contribution in [1.82, 2.24) is 5.32 Å². The summed E-state index contributed by atoms with van der Waals surface area (Å²) in [4.78, 5) is 12.5.